The zero-order chi connectivity index (χ0) is 15.1. The van der Waals surface area contributed by atoms with E-state index in [0.29, 0.717) is 5.58 Å². The van der Waals surface area contributed by atoms with Crippen molar-refractivity contribution in [3.8, 4) is 5.75 Å². The summed E-state index contributed by atoms with van der Waals surface area (Å²) < 4.78 is 5.65. The lowest BCUT2D eigenvalue weighted by atomic mass is 9.90. The Kier molecular flexibility index (Phi) is 3.41. The van der Waals surface area contributed by atoms with Gasteiger partial charge in [-0.3, -0.25) is 0 Å². The van der Waals surface area contributed by atoms with Gasteiger partial charge in [0.25, 0.3) is 0 Å². The van der Waals surface area contributed by atoms with E-state index in [1.54, 1.807) is 6.07 Å². The van der Waals surface area contributed by atoms with Crippen molar-refractivity contribution >= 4 is 11.0 Å². The highest BCUT2D eigenvalue weighted by Gasteiger charge is 2.24. The number of phenolic OH excluding ortho intramolecular Hbond substituents is 1. The van der Waals surface area contributed by atoms with Crippen LogP contribution in [-0.2, 0) is 19.4 Å². The van der Waals surface area contributed by atoms with Gasteiger partial charge < -0.3 is 14.4 Å². The van der Waals surface area contributed by atoms with Gasteiger partial charge in [0, 0.05) is 23.8 Å². The number of hydrogen-bond acceptors (Lipinski definition) is 3. The van der Waals surface area contributed by atoms with E-state index in [1.165, 1.54) is 17.7 Å². The van der Waals surface area contributed by atoms with Crippen LogP contribution in [0.2, 0.25) is 0 Å². The summed E-state index contributed by atoms with van der Waals surface area (Å²) in [6.45, 7) is 3.00. The van der Waals surface area contributed by atoms with Gasteiger partial charge >= 0.3 is 5.63 Å². The number of likely N-dealkylation sites (tertiary alicyclic amines) is 1. The van der Waals surface area contributed by atoms with E-state index in [2.05, 4.69) is 0 Å². The Bertz CT molecular complexity index is 772. The van der Waals surface area contributed by atoms with Gasteiger partial charge in [0.2, 0.25) is 0 Å². The molecule has 4 nitrogen and oxygen atoms in total. The second kappa shape index (κ2) is 5.43. The van der Waals surface area contributed by atoms with E-state index >= 15 is 0 Å². The Labute approximate surface area is 129 Å². The summed E-state index contributed by atoms with van der Waals surface area (Å²) in [6.07, 6.45) is 6.42. The lowest BCUT2D eigenvalue weighted by Crippen LogP contribution is -3.08. The number of fused-ring (bicyclic) bond motifs is 3. The molecule has 2 heterocycles. The summed E-state index contributed by atoms with van der Waals surface area (Å²) >= 11 is 0. The zero-order valence-corrected chi connectivity index (χ0v) is 12.8. The van der Waals surface area contributed by atoms with Crippen LogP contribution in [0.25, 0.3) is 11.0 Å². The summed E-state index contributed by atoms with van der Waals surface area (Å²) in [5.74, 6) is 0.255. The summed E-state index contributed by atoms with van der Waals surface area (Å²) in [6, 6.07) is 3.68. The molecule has 0 amide bonds. The molecule has 0 saturated carbocycles. The Morgan fingerprint density at radius 3 is 2.55 bits per heavy atom. The third kappa shape index (κ3) is 2.22. The monoisotopic (exact) mass is 300 g/mol. The van der Waals surface area contributed by atoms with Gasteiger partial charge in [-0.2, -0.15) is 0 Å². The molecule has 0 bridgehead atoms. The maximum absolute atomic E-state index is 12.3. The molecule has 0 spiro atoms. The topological polar surface area (TPSA) is 54.9 Å². The quantitative estimate of drug-likeness (QED) is 0.828. The molecule has 2 N–H and O–H groups in total. The van der Waals surface area contributed by atoms with Crippen LogP contribution in [0.1, 0.15) is 42.4 Å². The SMILES string of the molecule is O=c1oc2c(C[NH+]3CCCC3)c(O)ccc2c2c1CCCC2. The van der Waals surface area contributed by atoms with Crippen LogP contribution in [0, 0.1) is 0 Å². The third-order valence-electron chi connectivity index (χ3n) is 5.21. The van der Waals surface area contributed by atoms with Crippen LogP contribution < -0.4 is 10.5 Å². The minimum atomic E-state index is -0.203. The first-order chi connectivity index (χ1) is 10.7. The molecular formula is C18H22NO3+. The number of aromatic hydroxyl groups is 1. The van der Waals surface area contributed by atoms with E-state index in [1.807, 2.05) is 6.07 Å². The summed E-state index contributed by atoms with van der Waals surface area (Å²) in [7, 11) is 0. The average Bonchev–Trinajstić information content (AvgIpc) is 3.04. The largest absolute Gasteiger partial charge is 0.507 e. The lowest BCUT2D eigenvalue weighted by Gasteiger charge is -2.19. The molecule has 0 unspecified atom stereocenters. The summed E-state index contributed by atoms with van der Waals surface area (Å²) in [4.78, 5) is 13.8. The first-order valence-corrected chi connectivity index (χ1v) is 8.37. The van der Waals surface area contributed by atoms with Crippen molar-refractivity contribution in [2.24, 2.45) is 0 Å². The second-order valence-electron chi connectivity index (χ2n) is 6.63. The van der Waals surface area contributed by atoms with E-state index < -0.39 is 0 Å². The Hall–Kier alpha value is -1.81. The molecule has 1 fully saturated rings. The van der Waals surface area contributed by atoms with Crippen molar-refractivity contribution in [1.82, 2.24) is 0 Å². The van der Waals surface area contributed by atoms with Crippen LogP contribution in [0.5, 0.6) is 5.75 Å². The van der Waals surface area contributed by atoms with Crippen LogP contribution in [0.4, 0.5) is 0 Å². The van der Waals surface area contributed by atoms with Crippen molar-refractivity contribution < 1.29 is 14.4 Å². The molecule has 1 aromatic heterocycles. The smallest absolute Gasteiger partial charge is 0.339 e. The predicted molar refractivity (Wildman–Crippen MR) is 84.4 cm³/mol. The van der Waals surface area contributed by atoms with Gasteiger partial charge in [-0.25, -0.2) is 4.79 Å². The van der Waals surface area contributed by atoms with Gasteiger partial charge in [0.05, 0.1) is 18.7 Å². The standard InChI is InChI=1S/C18H21NO3/c20-16-8-7-13-12-5-1-2-6-14(12)18(21)22-17(13)15(16)11-19-9-3-4-10-19/h7-8,20H,1-6,9-11H2/p+1. The molecule has 0 radical (unpaired) electrons. The molecule has 4 rings (SSSR count). The van der Waals surface area contributed by atoms with Gasteiger partial charge in [0.1, 0.15) is 12.3 Å². The van der Waals surface area contributed by atoms with Crippen molar-refractivity contribution in [3.63, 3.8) is 0 Å². The molecule has 4 heteroatoms. The molecule has 1 aromatic carbocycles. The highest BCUT2D eigenvalue weighted by molar-refractivity contribution is 5.86. The normalized spacial score (nSPS) is 18.7. The maximum atomic E-state index is 12.3. The van der Waals surface area contributed by atoms with Gasteiger partial charge in [-0.1, -0.05) is 0 Å². The second-order valence-corrected chi connectivity index (χ2v) is 6.63. The number of benzene rings is 1. The molecule has 0 atom stereocenters. The fourth-order valence-corrected chi connectivity index (χ4v) is 4.03. The first-order valence-electron chi connectivity index (χ1n) is 8.37. The van der Waals surface area contributed by atoms with E-state index in [4.69, 9.17) is 4.42 Å². The minimum Gasteiger partial charge on any atom is -0.507 e. The van der Waals surface area contributed by atoms with Crippen LogP contribution in [-0.4, -0.2) is 18.2 Å². The average molecular weight is 300 g/mol. The van der Waals surface area contributed by atoms with Crippen molar-refractivity contribution in [3.05, 3.63) is 39.2 Å². The molecule has 116 valence electrons. The molecule has 22 heavy (non-hydrogen) atoms. The molecule has 1 aliphatic carbocycles. The van der Waals surface area contributed by atoms with E-state index in [9.17, 15) is 9.90 Å². The van der Waals surface area contributed by atoms with E-state index in [0.717, 1.165) is 67.4 Å². The third-order valence-corrected chi connectivity index (χ3v) is 5.21. The Morgan fingerprint density at radius 2 is 1.77 bits per heavy atom. The predicted octanol–water partition coefficient (Wildman–Crippen LogP) is 1.56. The van der Waals surface area contributed by atoms with Gasteiger partial charge in [-0.15, -0.1) is 0 Å². The molecular weight excluding hydrogens is 278 g/mol. The molecule has 1 aliphatic heterocycles. The van der Waals surface area contributed by atoms with Gasteiger partial charge in [-0.05, 0) is 43.4 Å². The zero-order valence-electron chi connectivity index (χ0n) is 12.8. The summed E-state index contributed by atoms with van der Waals surface area (Å²) in [5, 5.41) is 11.3. The van der Waals surface area contributed by atoms with Crippen molar-refractivity contribution in [1.29, 1.82) is 0 Å². The highest BCUT2D eigenvalue weighted by Crippen LogP contribution is 2.32. The van der Waals surface area contributed by atoms with Crippen molar-refractivity contribution in [2.45, 2.75) is 45.1 Å². The van der Waals surface area contributed by atoms with Crippen LogP contribution in [0.15, 0.2) is 21.3 Å². The van der Waals surface area contributed by atoms with Crippen LogP contribution >= 0.6 is 0 Å². The minimum absolute atomic E-state index is 0.203. The van der Waals surface area contributed by atoms with E-state index in [-0.39, 0.29) is 11.4 Å². The Morgan fingerprint density at radius 1 is 1.05 bits per heavy atom. The summed E-state index contributed by atoms with van der Waals surface area (Å²) in [5.41, 5.74) is 3.22. The lowest BCUT2D eigenvalue weighted by molar-refractivity contribution is -0.901. The number of hydrogen-bond donors (Lipinski definition) is 2. The fraction of sp³-hybridized carbons (Fsp3) is 0.500. The van der Waals surface area contributed by atoms with Crippen LogP contribution in [0.3, 0.4) is 0 Å². The van der Waals surface area contributed by atoms with Gasteiger partial charge in [0.15, 0.2) is 5.58 Å². The number of phenols is 1. The molecule has 2 aromatic rings. The number of quaternary nitrogens is 1. The molecule has 2 aliphatic rings. The number of aryl methyl sites for hydroxylation is 1. The highest BCUT2D eigenvalue weighted by atomic mass is 16.4. The Balaban J connectivity index is 1.90. The van der Waals surface area contributed by atoms with Crippen molar-refractivity contribution in [2.75, 3.05) is 13.1 Å². The first kappa shape index (κ1) is 13.8. The molecule has 1 saturated heterocycles. The number of rotatable bonds is 2. The number of nitrogens with one attached hydrogen (secondary N) is 1. The fourth-order valence-electron chi connectivity index (χ4n) is 4.03. The maximum Gasteiger partial charge on any atom is 0.339 e.